The van der Waals surface area contributed by atoms with Crippen molar-refractivity contribution in [1.82, 2.24) is 9.80 Å². The summed E-state index contributed by atoms with van der Waals surface area (Å²) in [4.78, 5) is 38.3. The Balaban J connectivity index is 1.79. The molecule has 2 fully saturated rings. The molecule has 0 aromatic rings. The van der Waals surface area contributed by atoms with E-state index in [0.717, 1.165) is 12.8 Å². The fourth-order valence-corrected chi connectivity index (χ4v) is 2.71. The summed E-state index contributed by atoms with van der Waals surface area (Å²) in [5.41, 5.74) is -0.484. The van der Waals surface area contributed by atoms with Crippen molar-refractivity contribution >= 4 is 17.9 Å². The Kier molecular flexibility index (Phi) is 4.54. The lowest BCUT2D eigenvalue weighted by molar-refractivity contribution is -0.139. The van der Waals surface area contributed by atoms with Crippen LogP contribution in [0.25, 0.3) is 0 Å². The van der Waals surface area contributed by atoms with Gasteiger partial charge in [0.2, 0.25) is 11.8 Å². The van der Waals surface area contributed by atoms with Crippen LogP contribution in [0.2, 0.25) is 0 Å². The Labute approximate surface area is 125 Å². The summed E-state index contributed by atoms with van der Waals surface area (Å²) in [5, 5.41) is 0. The Bertz CT molecular complexity index is 417. The van der Waals surface area contributed by atoms with E-state index >= 15 is 0 Å². The largest absolute Gasteiger partial charge is 0.444 e. The molecule has 6 nitrogen and oxygen atoms in total. The third-order valence-electron chi connectivity index (χ3n) is 3.86. The van der Waals surface area contributed by atoms with Crippen molar-refractivity contribution in [1.29, 1.82) is 0 Å². The zero-order valence-electron chi connectivity index (χ0n) is 13.1. The molecule has 2 rings (SSSR count). The van der Waals surface area contributed by atoms with Gasteiger partial charge in [0, 0.05) is 32.5 Å². The maximum absolute atomic E-state index is 12.0. The summed E-state index contributed by atoms with van der Waals surface area (Å²) in [6.45, 7) is 7.29. The smallest absolute Gasteiger partial charge is 0.410 e. The van der Waals surface area contributed by atoms with Crippen LogP contribution in [0, 0.1) is 5.92 Å². The first-order valence-corrected chi connectivity index (χ1v) is 7.57. The van der Waals surface area contributed by atoms with Crippen molar-refractivity contribution in [2.45, 2.75) is 52.1 Å². The lowest BCUT2D eigenvalue weighted by Gasteiger charge is -2.34. The summed E-state index contributed by atoms with van der Waals surface area (Å²) in [7, 11) is 0. The summed E-state index contributed by atoms with van der Waals surface area (Å²) >= 11 is 0. The summed E-state index contributed by atoms with van der Waals surface area (Å²) in [6.07, 6.45) is 2.01. The Morgan fingerprint density at radius 1 is 1.14 bits per heavy atom. The predicted molar refractivity (Wildman–Crippen MR) is 76.5 cm³/mol. The number of nitrogens with zero attached hydrogens (tertiary/aromatic N) is 2. The van der Waals surface area contributed by atoms with Crippen molar-refractivity contribution in [3.8, 4) is 0 Å². The monoisotopic (exact) mass is 296 g/mol. The highest BCUT2D eigenvalue weighted by atomic mass is 16.6. The zero-order valence-corrected chi connectivity index (χ0v) is 13.1. The van der Waals surface area contributed by atoms with Crippen LogP contribution in [-0.4, -0.2) is 52.9 Å². The van der Waals surface area contributed by atoms with Gasteiger partial charge in [-0.3, -0.25) is 14.5 Å². The van der Waals surface area contributed by atoms with Gasteiger partial charge in [0.15, 0.2) is 0 Å². The van der Waals surface area contributed by atoms with Crippen molar-refractivity contribution in [3.63, 3.8) is 0 Å². The Hall–Kier alpha value is -1.59. The molecule has 2 aliphatic rings. The van der Waals surface area contributed by atoms with Crippen molar-refractivity contribution in [3.05, 3.63) is 0 Å². The van der Waals surface area contributed by atoms with E-state index < -0.39 is 5.60 Å². The number of piperidine rings is 1. The second-order valence-corrected chi connectivity index (χ2v) is 6.81. The number of amides is 3. The molecule has 6 heteroatoms. The van der Waals surface area contributed by atoms with E-state index in [1.54, 1.807) is 4.90 Å². The number of carbonyl (C=O) groups excluding carboxylic acids is 3. The van der Waals surface area contributed by atoms with E-state index in [0.29, 0.717) is 32.5 Å². The first-order chi connectivity index (χ1) is 9.76. The third kappa shape index (κ3) is 4.19. The molecule has 0 aromatic heterocycles. The van der Waals surface area contributed by atoms with Gasteiger partial charge in [0.1, 0.15) is 5.60 Å². The maximum Gasteiger partial charge on any atom is 0.410 e. The number of hydrogen-bond acceptors (Lipinski definition) is 4. The number of ether oxygens (including phenoxy) is 1. The van der Waals surface area contributed by atoms with E-state index in [1.807, 2.05) is 20.8 Å². The molecule has 3 amide bonds. The minimum atomic E-state index is -0.484. The molecular weight excluding hydrogens is 272 g/mol. The van der Waals surface area contributed by atoms with E-state index in [9.17, 15) is 14.4 Å². The quantitative estimate of drug-likeness (QED) is 0.729. The molecule has 2 saturated heterocycles. The fraction of sp³-hybridized carbons (Fsp3) is 0.800. The molecule has 21 heavy (non-hydrogen) atoms. The first-order valence-electron chi connectivity index (χ1n) is 7.57. The average Bonchev–Trinajstić information content (AvgIpc) is 2.69. The fourth-order valence-electron chi connectivity index (χ4n) is 2.71. The van der Waals surface area contributed by atoms with E-state index in [-0.39, 0.29) is 23.8 Å². The topological polar surface area (TPSA) is 66.9 Å². The standard InChI is InChI=1S/C15H24N2O4/c1-15(2,3)21-14(20)16-8-6-11(7-9-16)10-17-12(18)4-5-13(17)19/h11H,4-10H2,1-3H3. The highest BCUT2D eigenvalue weighted by Gasteiger charge is 2.33. The van der Waals surface area contributed by atoms with Crippen LogP contribution in [0.15, 0.2) is 0 Å². The number of rotatable bonds is 2. The third-order valence-corrected chi connectivity index (χ3v) is 3.86. The predicted octanol–water partition coefficient (Wildman–Crippen LogP) is 1.78. The minimum Gasteiger partial charge on any atom is -0.444 e. The number of likely N-dealkylation sites (tertiary alicyclic amines) is 2. The maximum atomic E-state index is 12.0. The summed E-state index contributed by atoms with van der Waals surface area (Å²) in [6, 6.07) is 0. The van der Waals surface area contributed by atoms with Gasteiger partial charge in [-0.25, -0.2) is 4.79 Å². The number of carbonyl (C=O) groups is 3. The normalized spacial score (nSPS) is 21.1. The Morgan fingerprint density at radius 3 is 2.14 bits per heavy atom. The zero-order chi connectivity index (χ0) is 15.6. The van der Waals surface area contributed by atoms with Crippen molar-refractivity contribution in [2.24, 2.45) is 5.92 Å². The van der Waals surface area contributed by atoms with Gasteiger partial charge in [0.25, 0.3) is 0 Å². The Morgan fingerprint density at radius 2 is 1.67 bits per heavy atom. The molecule has 0 radical (unpaired) electrons. The molecule has 0 saturated carbocycles. The van der Waals surface area contributed by atoms with Gasteiger partial charge in [-0.1, -0.05) is 0 Å². The molecule has 2 heterocycles. The van der Waals surface area contributed by atoms with Crippen molar-refractivity contribution in [2.75, 3.05) is 19.6 Å². The van der Waals surface area contributed by atoms with Crippen LogP contribution < -0.4 is 0 Å². The van der Waals surface area contributed by atoms with Gasteiger partial charge in [-0.2, -0.15) is 0 Å². The van der Waals surface area contributed by atoms with Gasteiger partial charge in [-0.15, -0.1) is 0 Å². The van der Waals surface area contributed by atoms with Crippen LogP contribution in [0.5, 0.6) is 0 Å². The van der Waals surface area contributed by atoms with Crippen LogP contribution in [-0.2, 0) is 14.3 Å². The van der Waals surface area contributed by atoms with Gasteiger partial charge in [0.05, 0.1) is 0 Å². The van der Waals surface area contributed by atoms with E-state index in [1.165, 1.54) is 4.90 Å². The average molecular weight is 296 g/mol. The van der Waals surface area contributed by atoms with Gasteiger partial charge < -0.3 is 9.64 Å². The van der Waals surface area contributed by atoms with Crippen LogP contribution in [0.3, 0.4) is 0 Å². The molecule has 0 aliphatic carbocycles. The molecule has 0 spiro atoms. The molecule has 2 aliphatic heterocycles. The first kappa shape index (κ1) is 15.8. The lowest BCUT2D eigenvalue weighted by atomic mass is 9.96. The second-order valence-electron chi connectivity index (χ2n) is 6.81. The molecule has 118 valence electrons. The van der Waals surface area contributed by atoms with Crippen molar-refractivity contribution < 1.29 is 19.1 Å². The lowest BCUT2D eigenvalue weighted by Crippen LogP contribution is -2.44. The molecule has 0 N–H and O–H groups in total. The van der Waals surface area contributed by atoms with Crippen LogP contribution >= 0.6 is 0 Å². The van der Waals surface area contributed by atoms with Crippen LogP contribution in [0.4, 0.5) is 4.79 Å². The molecule has 0 aromatic carbocycles. The SMILES string of the molecule is CC(C)(C)OC(=O)N1CCC(CN2C(=O)CCC2=O)CC1. The molecular formula is C15H24N2O4. The molecule has 0 unspecified atom stereocenters. The van der Waals surface area contributed by atoms with Gasteiger partial charge in [-0.05, 0) is 39.5 Å². The van der Waals surface area contributed by atoms with Crippen LogP contribution in [0.1, 0.15) is 46.5 Å². The summed E-state index contributed by atoms with van der Waals surface area (Å²) in [5.74, 6) is 0.166. The van der Waals surface area contributed by atoms with Gasteiger partial charge >= 0.3 is 6.09 Å². The van der Waals surface area contributed by atoms with E-state index in [2.05, 4.69) is 0 Å². The minimum absolute atomic E-state index is 0.0606. The number of hydrogen-bond donors (Lipinski definition) is 0. The highest BCUT2D eigenvalue weighted by Crippen LogP contribution is 2.23. The number of imide groups is 1. The second kappa shape index (κ2) is 6.03. The molecule has 0 atom stereocenters. The van der Waals surface area contributed by atoms with E-state index in [4.69, 9.17) is 4.74 Å². The highest BCUT2D eigenvalue weighted by molar-refractivity contribution is 6.01. The molecule has 0 bridgehead atoms. The summed E-state index contributed by atoms with van der Waals surface area (Å²) < 4.78 is 5.35.